The van der Waals surface area contributed by atoms with Crippen molar-refractivity contribution >= 4 is 9.84 Å². The topological polar surface area (TPSA) is 100 Å². The summed E-state index contributed by atoms with van der Waals surface area (Å²) in [5, 5.41) is 17.7. The SMILES string of the molecule is CCS(=O)(=O)[C@H]1[C@H](c2ccc3c(c2)OCO3)C1(C#N)C#N. The predicted octanol–water partition coefficient (Wildman–Crippen LogP) is 1.35. The highest BCUT2D eigenvalue weighted by atomic mass is 32.2. The number of ether oxygens (including phenoxy) is 2. The van der Waals surface area contributed by atoms with E-state index in [1.807, 2.05) is 12.1 Å². The molecule has 0 bridgehead atoms. The van der Waals surface area contributed by atoms with Gasteiger partial charge in [-0.25, -0.2) is 8.42 Å². The largest absolute Gasteiger partial charge is 0.454 e. The number of benzene rings is 1. The number of nitrogens with zero attached hydrogens (tertiary/aromatic N) is 2. The molecule has 7 heteroatoms. The maximum atomic E-state index is 12.2. The van der Waals surface area contributed by atoms with Crippen LogP contribution in [0.25, 0.3) is 0 Å². The van der Waals surface area contributed by atoms with Crippen LogP contribution in [0.2, 0.25) is 0 Å². The number of sulfone groups is 1. The summed E-state index contributed by atoms with van der Waals surface area (Å²) in [6, 6.07) is 8.81. The summed E-state index contributed by atoms with van der Waals surface area (Å²) in [6.07, 6.45) is 0. The number of nitriles is 2. The standard InChI is InChI=1S/C14H12N2O4S/c1-2-21(17,18)13-12(14(13,6-15)7-16)9-3-4-10-11(5-9)20-8-19-10/h3-5,12-13H,2,8H2,1H3/t12-,13-/m0/s1. The van der Waals surface area contributed by atoms with Crippen LogP contribution in [0.5, 0.6) is 11.5 Å². The maximum absolute atomic E-state index is 12.2. The molecule has 0 spiro atoms. The highest BCUT2D eigenvalue weighted by molar-refractivity contribution is 7.92. The zero-order valence-electron chi connectivity index (χ0n) is 11.2. The first-order valence-corrected chi connectivity index (χ1v) is 8.15. The van der Waals surface area contributed by atoms with Crippen molar-refractivity contribution < 1.29 is 17.9 Å². The van der Waals surface area contributed by atoms with Crippen molar-refractivity contribution in [1.82, 2.24) is 0 Å². The second kappa shape index (κ2) is 4.37. The lowest BCUT2D eigenvalue weighted by atomic mass is 10.0. The van der Waals surface area contributed by atoms with Gasteiger partial charge in [-0.1, -0.05) is 13.0 Å². The molecule has 6 nitrogen and oxygen atoms in total. The lowest BCUT2D eigenvalue weighted by Crippen LogP contribution is -2.15. The van der Waals surface area contributed by atoms with Crippen molar-refractivity contribution in [2.75, 3.05) is 12.5 Å². The molecule has 1 fully saturated rings. The quantitative estimate of drug-likeness (QED) is 0.835. The van der Waals surface area contributed by atoms with E-state index in [-0.39, 0.29) is 12.5 Å². The third kappa shape index (κ3) is 1.78. The van der Waals surface area contributed by atoms with Crippen molar-refractivity contribution in [2.45, 2.75) is 18.1 Å². The van der Waals surface area contributed by atoms with E-state index in [1.54, 1.807) is 18.2 Å². The first-order chi connectivity index (χ1) is 10.00. The van der Waals surface area contributed by atoms with E-state index in [4.69, 9.17) is 9.47 Å². The molecule has 0 amide bonds. The van der Waals surface area contributed by atoms with Gasteiger partial charge >= 0.3 is 0 Å². The number of rotatable bonds is 3. The molecule has 0 aromatic heterocycles. The fourth-order valence-electron chi connectivity index (χ4n) is 2.86. The first kappa shape index (κ1) is 13.7. The molecule has 2 aliphatic rings. The molecule has 1 aromatic carbocycles. The summed E-state index contributed by atoms with van der Waals surface area (Å²) in [4.78, 5) is 0. The van der Waals surface area contributed by atoms with Crippen molar-refractivity contribution in [2.24, 2.45) is 5.41 Å². The first-order valence-electron chi connectivity index (χ1n) is 6.44. The Morgan fingerprint density at radius 1 is 1.29 bits per heavy atom. The van der Waals surface area contributed by atoms with Crippen LogP contribution in [-0.4, -0.2) is 26.2 Å². The molecule has 1 saturated carbocycles. The van der Waals surface area contributed by atoms with Gasteiger partial charge in [-0.3, -0.25) is 0 Å². The number of fused-ring (bicyclic) bond motifs is 1. The Labute approximate surface area is 122 Å². The van der Waals surface area contributed by atoms with Gasteiger partial charge in [0.2, 0.25) is 6.79 Å². The fraction of sp³-hybridized carbons (Fsp3) is 0.429. The molecule has 0 saturated heterocycles. The molecular formula is C14H12N2O4S. The Bertz CT molecular complexity index is 774. The van der Waals surface area contributed by atoms with Gasteiger partial charge in [-0.2, -0.15) is 10.5 Å². The van der Waals surface area contributed by atoms with Crippen LogP contribution in [0, 0.1) is 28.1 Å². The minimum absolute atomic E-state index is 0.0934. The number of hydrogen-bond donors (Lipinski definition) is 0. The smallest absolute Gasteiger partial charge is 0.231 e. The van der Waals surface area contributed by atoms with E-state index in [1.165, 1.54) is 6.92 Å². The Morgan fingerprint density at radius 2 is 1.95 bits per heavy atom. The normalized spacial score (nSPS) is 24.9. The fourth-order valence-corrected chi connectivity index (χ4v) is 4.75. The van der Waals surface area contributed by atoms with Gasteiger partial charge in [0.15, 0.2) is 26.8 Å². The Morgan fingerprint density at radius 3 is 2.57 bits per heavy atom. The van der Waals surface area contributed by atoms with E-state index < -0.39 is 26.4 Å². The van der Waals surface area contributed by atoms with Crippen LogP contribution in [0.3, 0.4) is 0 Å². The summed E-state index contributed by atoms with van der Waals surface area (Å²) in [5.41, 5.74) is -0.896. The van der Waals surface area contributed by atoms with Crippen LogP contribution in [-0.2, 0) is 9.84 Å². The van der Waals surface area contributed by atoms with Crippen molar-refractivity contribution in [3.63, 3.8) is 0 Å². The van der Waals surface area contributed by atoms with Gasteiger partial charge in [0.25, 0.3) is 0 Å². The zero-order valence-corrected chi connectivity index (χ0v) is 12.1. The van der Waals surface area contributed by atoms with Crippen LogP contribution in [0.4, 0.5) is 0 Å². The van der Waals surface area contributed by atoms with Gasteiger partial charge in [0, 0.05) is 11.7 Å². The molecule has 0 radical (unpaired) electrons. The molecule has 21 heavy (non-hydrogen) atoms. The van der Waals surface area contributed by atoms with Gasteiger partial charge in [0.05, 0.1) is 12.1 Å². The van der Waals surface area contributed by atoms with Gasteiger partial charge in [-0.15, -0.1) is 0 Å². The van der Waals surface area contributed by atoms with Crippen LogP contribution in [0.15, 0.2) is 18.2 Å². The second-order valence-electron chi connectivity index (χ2n) is 5.06. The lowest BCUT2D eigenvalue weighted by Gasteiger charge is -2.02. The van der Waals surface area contributed by atoms with Gasteiger partial charge in [-0.05, 0) is 17.7 Å². The summed E-state index contributed by atoms with van der Waals surface area (Å²) < 4.78 is 34.8. The zero-order chi connectivity index (χ0) is 15.3. The van der Waals surface area contributed by atoms with Gasteiger partial charge < -0.3 is 9.47 Å². The van der Waals surface area contributed by atoms with Gasteiger partial charge in [0.1, 0.15) is 5.25 Å². The van der Waals surface area contributed by atoms with Crippen molar-refractivity contribution in [1.29, 1.82) is 10.5 Å². The molecule has 1 aliphatic carbocycles. The second-order valence-corrected chi connectivity index (χ2v) is 7.47. The third-order valence-corrected chi connectivity index (χ3v) is 6.27. The Kier molecular flexibility index (Phi) is 2.86. The maximum Gasteiger partial charge on any atom is 0.231 e. The van der Waals surface area contributed by atoms with Crippen LogP contribution < -0.4 is 9.47 Å². The minimum Gasteiger partial charge on any atom is -0.454 e. The summed E-state index contributed by atoms with van der Waals surface area (Å²) in [5.74, 6) is 0.349. The summed E-state index contributed by atoms with van der Waals surface area (Å²) >= 11 is 0. The average Bonchev–Trinajstić information content (AvgIpc) is 2.98. The van der Waals surface area contributed by atoms with Crippen LogP contribution in [0.1, 0.15) is 18.4 Å². The van der Waals surface area contributed by atoms with Crippen molar-refractivity contribution in [3.8, 4) is 23.6 Å². The molecule has 1 aromatic rings. The molecule has 0 N–H and O–H groups in total. The Balaban J connectivity index is 2.06. The summed E-state index contributed by atoms with van der Waals surface area (Å²) in [7, 11) is -3.49. The highest BCUT2D eigenvalue weighted by Crippen LogP contribution is 2.63. The minimum atomic E-state index is -3.49. The summed E-state index contributed by atoms with van der Waals surface area (Å²) in [6.45, 7) is 1.63. The van der Waals surface area contributed by atoms with E-state index in [2.05, 4.69) is 0 Å². The average molecular weight is 304 g/mol. The molecular weight excluding hydrogens is 292 g/mol. The van der Waals surface area contributed by atoms with E-state index in [0.29, 0.717) is 17.1 Å². The van der Waals surface area contributed by atoms with E-state index in [9.17, 15) is 18.9 Å². The lowest BCUT2D eigenvalue weighted by molar-refractivity contribution is 0.174. The molecule has 1 aliphatic heterocycles. The predicted molar refractivity (Wildman–Crippen MR) is 72.2 cm³/mol. The van der Waals surface area contributed by atoms with E-state index >= 15 is 0 Å². The Hall–Kier alpha value is -2.25. The number of hydrogen-bond acceptors (Lipinski definition) is 6. The molecule has 1 heterocycles. The van der Waals surface area contributed by atoms with Crippen LogP contribution >= 0.6 is 0 Å². The highest BCUT2D eigenvalue weighted by Gasteiger charge is 2.72. The molecule has 0 unspecified atom stereocenters. The molecule has 3 rings (SSSR count). The van der Waals surface area contributed by atoms with E-state index in [0.717, 1.165) is 0 Å². The molecule has 108 valence electrons. The third-order valence-electron chi connectivity index (χ3n) is 4.05. The monoisotopic (exact) mass is 304 g/mol. The van der Waals surface area contributed by atoms with Crippen molar-refractivity contribution in [3.05, 3.63) is 23.8 Å². The molecule has 2 atom stereocenters.